The van der Waals surface area contributed by atoms with Gasteiger partial charge >= 0.3 is 0 Å². The van der Waals surface area contributed by atoms with Crippen LogP contribution in [0.2, 0.25) is 0 Å². The minimum Gasteiger partial charge on any atom is -0.475 e. The van der Waals surface area contributed by atoms with Crippen molar-refractivity contribution in [3.63, 3.8) is 0 Å². The van der Waals surface area contributed by atoms with Gasteiger partial charge in [-0.1, -0.05) is 6.92 Å². The van der Waals surface area contributed by atoms with Gasteiger partial charge in [0.1, 0.15) is 12.8 Å². The van der Waals surface area contributed by atoms with Gasteiger partial charge in [0.2, 0.25) is 5.88 Å². The molecule has 0 aliphatic carbocycles. The quantitative estimate of drug-likeness (QED) is 0.366. The Morgan fingerprint density at radius 3 is 2.42 bits per heavy atom. The first-order chi connectivity index (χ1) is 9.24. The van der Waals surface area contributed by atoms with Crippen LogP contribution in [0.25, 0.3) is 0 Å². The Hall–Kier alpha value is -1.73. The summed E-state index contributed by atoms with van der Waals surface area (Å²) in [7, 11) is 0. The molecule has 0 aliphatic heterocycles. The van der Waals surface area contributed by atoms with Gasteiger partial charge in [0, 0.05) is 18.7 Å². The fourth-order valence-electron chi connectivity index (χ4n) is 1.24. The van der Waals surface area contributed by atoms with Gasteiger partial charge in [-0.15, -0.1) is 0 Å². The van der Waals surface area contributed by atoms with Crippen molar-refractivity contribution in [3.05, 3.63) is 28.4 Å². The molecular formula is C12H18N2O5. The third-order valence-electron chi connectivity index (χ3n) is 2.13. The van der Waals surface area contributed by atoms with E-state index in [1.165, 1.54) is 12.1 Å². The highest BCUT2D eigenvalue weighted by atomic mass is 16.6. The number of hydrogen-bond donors (Lipinski definition) is 0. The standard InChI is InChI=1S/C12H18N2O5/c1-2-5-17-6-7-18-8-9-19-12-4-3-11(10-13-12)14(15)16/h3-4,10H,2,5-9H2,1H3. The van der Waals surface area contributed by atoms with E-state index in [9.17, 15) is 10.1 Å². The van der Waals surface area contributed by atoms with E-state index in [1.54, 1.807) is 0 Å². The van der Waals surface area contributed by atoms with Gasteiger partial charge in [-0.05, 0) is 6.42 Å². The summed E-state index contributed by atoms with van der Waals surface area (Å²) in [5.41, 5.74) is -0.0586. The molecule has 1 aromatic rings. The average Bonchev–Trinajstić information content (AvgIpc) is 2.42. The van der Waals surface area contributed by atoms with E-state index in [1.807, 2.05) is 6.92 Å². The predicted molar refractivity (Wildman–Crippen MR) is 68.3 cm³/mol. The Morgan fingerprint density at radius 2 is 1.84 bits per heavy atom. The Kier molecular flexibility index (Phi) is 7.45. The lowest BCUT2D eigenvalue weighted by Crippen LogP contribution is -2.11. The molecule has 0 saturated heterocycles. The summed E-state index contributed by atoms with van der Waals surface area (Å²) in [6.45, 7) is 4.66. The van der Waals surface area contributed by atoms with Crippen LogP contribution in [0, 0.1) is 10.1 Å². The highest BCUT2D eigenvalue weighted by Crippen LogP contribution is 2.13. The molecule has 0 spiro atoms. The van der Waals surface area contributed by atoms with Crippen molar-refractivity contribution in [2.75, 3.05) is 33.0 Å². The maximum absolute atomic E-state index is 10.4. The molecule has 1 aromatic heterocycles. The van der Waals surface area contributed by atoms with E-state index in [4.69, 9.17) is 14.2 Å². The second-order valence-electron chi connectivity index (χ2n) is 3.68. The van der Waals surface area contributed by atoms with Crippen molar-refractivity contribution < 1.29 is 19.1 Å². The Bertz CT molecular complexity index is 369. The summed E-state index contributed by atoms with van der Waals surface area (Å²) < 4.78 is 15.8. The third-order valence-corrected chi connectivity index (χ3v) is 2.13. The molecule has 0 unspecified atom stereocenters. The van der Waals surface area contributed by atoms with Crippen molar-refractivity contribution in [3.8, 4) is 5.88 Å². The van der Waals surface area contributed by atoms with Gasteiger partial charge in [0.05, 0.1) is 24.7 Å². The molecule has 19 heavy (non-hydrogen) atoms. The van der Waals surface area contributed by atoms with Crippen LogP contribution in [0.4, 0.5) is 5.69 Å². The van der Waals surface area contributed by atoms with Crippen molar-refractivity contribution in [2.24, 2.45) is 0 Å². The molecule has 0 atom stereocenters. The van der Waals surface area contributed by atoms with Crippen molar-refractivity contribution in [1.29, 1.82) is 0 Å². The lowest BCUT2D eigenvalue weighted by Gasteiger charge is -2.06. The molecule has 1 heterocycles. The molecule has 0 saturated carbocycles. The maximum atomic E-state index is 10.4. The van der Waals surface area contributed by atoms with E-state index < -0.39 is 4.92 Å². The summed E-state index contributed by atoms with van der Waals surface area (Å²) in [5.74, 6) is 0.344. The van der Waals surface area contributed by atoms with Gasteiger partial charge in [0.15, 0.2) is 0 Å². The summed E-state index contributed by atoms with van der Waals surface area (Å²) >= 11 is 0. The lowest BCUT2D eigenvalue weighted by molar-refractivity contribution is -0.385. The van der Waals surface area contributed by atoms with Crippen LogP contribution in [0.3, 0.4) is 0 Å². The zero-order valence-corrected chi connectivity index (χ0v) is 10.9. The molecule has 0 N–H and O–H groups in total. The normalized spacial score (nSPS) is 10.4. The van der Waals surface area contributed by atoms with Crippen LogP contribution in [0.1, 0.15) is 13.3 Å². The summed E-state index contributed by atoms with van der Waals surface area (Å²) in [6.07, 6.45) is 2.16. The third kappa shape index (κ3) is 6.68. The zero-order valence-electron chi connectivity index (χ0n) is 10.9. The minimum atomic E-state index is -0.504. The smallest absolute Gasteiger partial charge is 0.287 e. The highest BCUT2D eigenvalue weighted by molar-refractivity contribution is 5.28. The first kappa shape index (κ1) is 15.3. The molecule has 1 rings (SSSR count). The summed E-state index contributed by atoms with van der Waals surface area (Å²) in [4.78, 5) is 13.7. The number of pyridine rings is 1. The van der Waals surface area contributed by atoms with Crippen LogP contribution < -0.4 is 4.74 Å². The summed E-state index contributed by atoms with van der Waals surface area (Å²) in [6, 6.07) is 2.81. The van der Waals surface area contributed by atoms with E-state index in [2.05, 4.69) is 4.98 Å². The molecule has 7 nitrogen and oxygen atoms in total. The van der Waals surface area contributed by atoms with Crippen molar-refractivity contribution in [1.82, 2.24) is 4.98 Å². The average molecular weight is 270 g/mol. The first-order valence-corrected chi connectivity index (χ1v) is 6.12. The molecule has 0 fully saturated rings. The maximum Gasteiger partial charge on any atom is 0.287 e. The molecular weight excluding hydrogens is 252 g/mol. The molecule has 0 amide bonds. The van der Waals surface area contributed by atoms with Gasteiger partial charge in [-0.25, -0.2) is 4.98 Å². The number of nitro groups is 1. The van der Waals surface area contributed by atoms with Gasteiger partial charge in [-0.2, -0.15) is 0 Å². The van der Waals surface area contributed by atoms with Gasteiger partial charge in [0.25, 0.3) is 5.69 Å². The molecule has 7 heteroatoms. The second kappa shape index (κ2) is 9.23. The second-order valence-corrected chi connectivity index (χ2v) is 3.68. The van der Waals surface area contributed by atoms with Crippen LogP contribution in [-0.2, 0) is 9.47 Å². The fourth-order valence-corrected chi connectivity index (χ4v) is 1.24. The van der Waals surface area contributed by atoms with Gasteiger partial charge in [-0.3, -0.25) is 10.1 Å². The number of rotatable bonds is 10. The van der Waals surface area contributed by atoms with Crippen LogP contribution in [-0.4, -0.2) is 42.9 Å². The predicted octanol–water partition coefficient (Wildman–Crippen LogP) is 1.81. The van der Waals surface area contributed by atoms with Crippen molar-refractivity contribution in [2.45, 2.75) is 13.3 Å². The number of nitrogens with zero attached hydrogens (tertiary/aromatic N) is 2. The number of ether oxygens (including phenoxy) is 3. The van der Waals surface area contributed by atoms with Gasteiger partial charge < -0.3 is 14.2 Å². The topological polar surface area (TPSA) is 83.7 Å². The Morgan fingerprint density at radius 1 is 1.16 bits per heavy atom. The number of hydrogen-bond acceptors (Lipinski definition) is 6. The molecule has 106 valence electrons. The minimum absolute atomic E-state index is 0.0586. The summed E-state index contributed by atoms with van der Waals surface area (Å²) in [5, 5.41) is 10.4. The Balaban J connectivity index is 2.07. The fraction of sp³-hybridized carbons (Fsp3) is 0.583. The number of aromatic nitrogens is 1. The monoisotopic (exact) mass is 270 g/mol. The lowest BCUT2D eigenvalue weighted by atomic mass is 10.4. The zero-order chi connectivity index (χ0) is 13.9. The van der Waals surface area contributed by atoms with Crippen LogP contribution >= 0.6 is 0 Å². The van der Waals surface area contributed by atoms with Crippen molar-refractivity contribution >= 4 is 5.69 Å². The van der Waals surface area contributed by atoms with E-state index in [0.717, 1.165) is 19.2 Å². The highest BCUT2D eigenvalue weighted by Gasteiger charge is 2.05. The molecule has 0 bridgehead atoms. The van der Waals surface area contributed by atoms with E-state index in [-0.39, 0.29) is 5.69 Å². The molecule has 0 radical (unpaired) electrons. The van der Waals surface area contributed by atoms with E-state index >= 15 is 0 Å². The van der Waals surface area contributed by atoms with Crippen LogP contribution in [0.15, 0.2) is 18.3 Å². The Labute approximate surface area is 111 Å². The SMILES string of the molecule is CCCOCCOCCOc1ccc([N+](=O)[O-])cn1. The largest absolute Gasteiger partial charge is 0.475 e. The first-order valence-electron chi connectivity index (χ1n) is 6.12. The van der Waals surface area contributed by atoms with E-state index in [0.29, 0.717) is 32.3 Å². The molecule has 0 aliphatic rings. The van der Waals surface area contributed by atoms with Crippen LogP contribution in [0.5, 0.6) is 5.88 Å². The molecule has 0 aromatic carbocycles.